The van der Waals surface area contributed by atoms with Crippen LogP contribution in [0.25, 0.3) is 22.0 Å². The van der Waals surface area contributed by atoms with Gasteiger partial charge in [-0.15, -0.1) is 0 Å². The van der Waals surface area contributed by atoms with Gasteiger partial charge in [0.1, 0.15) is 47.5 Å². The van der Waals surface area contributed by atoms with Crippen molar-refractivity contribution in [3.63, 3.8) is 0 Å². The zero-order chi connectivity index (χ0) is 41.1. The number of carbonyl (C=O) groups is 2. The second-order valence-corrected chi connectivity index (χ2v) is 15.5. The molecule has 1 fully saturated rings. The lowest BCUT2D eigenvalue weighted by Crippen LogP contribution is -2.24. The number of halogens is 7. The number of hydrogen-bond acceptors (Lipinski definition) is 7. The Hall–Kier alpha value is -5.04. The molecule has 0 bridgehead atoms. The van der Waals surface area contributed by atoms with Gasteiger partial charge in [0.2, 0.25) is 0 Å². The van der Waals surface area contributed by atoms with Gasteiger partial charge in [-0.2, -0.15) is 19.0 Å². The average Bonchev–Trinajstić information content (AvgIpc) is 3.65. The minimum absolute atomic E-state index is 0.0480. The number of fused-ring (bicyclic) bond motifs is 4. The third kappa shape index (κ3) is 7.95. The van der Waals surface area contributed by atoms with Crippen molar-refractivity contribution >= 4 is 34.1 Å². The zero-order valence-electron chi connectivity index (χ0n) is 31.1. The molecule has 3 heterocycles. The average molecular weight is 812 g/mol. The van der Waals surface area contributed by atoms with E-state index in [-0.39, 0.29) is 59.2 Å². The third-order valence-corrected chi connectivity index (χ3v) is 10.5. The van der Waals surface area contributed by atoms with Crippen LogP contribution >= 0.6 is 11.6 Å². The van der Waals surface area contributed by atoms with Gasteiger partial charge in [-0.1, -0.05) is 23.6 Å². The number of carbonyl (C=O) groups excluding carboxylic acids is 2. The minimum Gasteiger partial charge on any atom is -0.378 e. The van der Waals surface area contributed by atoms with Gasteiger partial charge in [-0.3, -0.25) is 19.0 Å². The van der Waals surface area contributed by atoms with Crippen LogP contribution in [0.1, 0.15) is 84.5 Å². The van der Waals surface area contributed by atoms with Crippen molar-refractivity contribution in [3.8, 4) is 23.0 Å². The van der Waals surface area contributed by atoms with Crippen molar-refractivity contribution in [1.29, 1.82) is 0 Å². The number of methoxy groups -OCH3 is 1. The number of ketones is 2. The molecule has 298 valence electrons. The summed E-state index contributed by atoms with van der Waals surface area (Å²) in [6, 6.07) is 9.38. The molecule has 0 unspecified atom stereocenters. The molecule has 1 saturated carbocycles. The number of alkyl halides is 4. The molecule has 16 heteroatoms. The number of pyridine rings is 1. The summed E-state index contributed by atoms with van der Waals surface area (Å²) < 4.78 is 95.3. The van der Waals surface area contributed by atoms with Gasteiger partial charge in [-0.05, 0) is 74.4 Å². The molecule has 0 aliphatic heterocycles. The van der Waals surface area contributed by atoms with Gasteiger partial charge < -0.3 is 9.84 Å². The molecule has 2 aliphatic rings. The predicted molar refractivity (Wildman–Crippen MR) is 197 cm³/mol. The molecular formula is C41H36ClF6N5O4. The highest BCUT2D eigenvalue weighted by Crippen LogP contribution is 2.68. The Morgan fingerprint density at radius 2 is 1.75 bits per heavy atom. The van der Waals surface area contributed by atoms with Crippen molar-refractivity contribution in [1.82, 2.24) is 24.5 Å². The highest BCUT2D eigenvalue weighted by Gasteiger charge is 2.67. The quantitative estimate of drug-likeness (QED) is 0.0956. The molecule has 0 spiro atoms. The lowest BCUT2D eigenvalue weighted by atomic mass is 9.86. The van der Waals surface area contributed by atoms with Crippen LogP contribution in [-0.4, -0.2) is 60.5 Å². The van der Waals surface area contributed by atoms with Crippen molar-refractivity contribution in [2.45, 2.75) is 75.9 Å². The van der Waals surface area contributed by atoms with Crippen LogP contribution < -0.4 is 0 Å². The molecule has 57 heavy (non-hydrogen) atoms. The van der Waals surface area contributed by atoms with Crippen LogP contribution in [0.4, 0.5) is 26.3 Å². The Kier molecular flexibility index (Phi) is 10.6. The van der Waals surface area contributed by atoms with Crippen molar-refractivity contribution in [2.75, 3.05) is 13.7 Å². The lowest BCUT2D eigenvalue weighted by molar-refractivity contribution is -0.122. The number of aromatic nitrogens is 5. The summed E-state index contributed by atoms with van der Waals surface area (Å²) in [5.41, 5.74) is -0.866. The first kappa shape index (κ1) is 40.2. The van der Waals surface area contributed by atoms with E-state index in [2.05, 4.69) is 22.0 Å². The summed E-state index contributed by atoms with van der Waals surface area (Å²) in [6.45, 7) is 2.00. The van der Waals surface area contributed by atoms with Crippen LogP contribution in [0.5, 0.6) is 0 Å². The number of aliphatic hydroxyl groups is 1. The van der Waals surface area contributed by atoms with Gasteiger partial charge >= 0.3 is 0 Å². The van der Waals surface area contributed by atoms with E-state index in [9.17, 15) is 32.3 Å². The van der Waals surface area contributed by atoms with Crippen LogP contribution in [0.2, 0.25) is 5.02 Å². The van der Waals surface area contributed by atoms with Gasteiger partial charge in [0, 0.05) is 60.6 Å². The minimum atomic E-state index is -3.46. The van der Waals surface area contributed by atoms with E-state index in [0.717, 1.165) is 12.1 Å². The van der Waals surface area contributed by atoms with Gasteiger partial charge in [-0.25, -0.2) is 22.5 Å². The Morgan fingerprint density at radius 3 is 2.42 bits per heavy atom. The highest BCUT2D eigenvalue weighted by molar-refractivity contribution is 6.36. The van der Waals surface area contributed by atoms with Crippen molar-refractivity contribution in [3.05, 3.63) is 98.7 Å². The Morgan fingerprint density at radius 1 is 1.05 bits per heavy atom. The molecule has 0 radical (unpaired) electrons. The largest absolute Gasteiger partial charge is 0.378 e. The SMILES string of the molecule is COCC(=O)Cc1nn(C)c2c(-c3ccc(C#CC(C)(C)O)nc3[C@@H](CC(=O)Cn3nc(C(F)F)c4c3C(F)(F)[C@@H]3C[C@H]43)Cc3cc(F)cc(F)c3)ccc(Cl)c12. The maximum absolute atomic E-state index is 15.4. The van der Waals surface area contributed by atoms with Crippen LogP contribution in [0.15, 0.2) is 42.5 Å². The molecule has 0 amide bonds. The summed E-state index contributed by atoms with van der Waals surface area (Å²) in [5.74, 6) is -3.60. The Bertz CT molecular complexity index is 2480. The van der Waals surface area contributed by atoms with E-state index in [1.165, 1.54) is 25.6 Å². The molecule has 3 aromatic heterocycles. The predicted octanol–water partition coefficient (Wildman–Crippen LogP) is 7.78. The second-order valence-electron chi connectivity index (χ2n) is 15.1. The maximum Gasteiger partial charge on any atom is 0.293 e. The van der Waals surface area contributed by atoms with Crippen LogP contribution in [0, 0.1) is 29.4 Å². The lowest BCUT2D eigenvalue weighted by Gasteiger charge is -2.22. The highest BCUT2D eigenvalue weighted by atomic mass is 35.5. The van der Waals surface area contributed by atoms with E-state index < -0.39 is 77.5 Å². The normalized spacial score (nSPS) is 17.4. The van der Waals surface area contributed by atoms with Gasteiger partial charge in [0.15, 0.2) is 11.6 Å². The molecule has 7 rings (SSSR count). The number of nitrogens with zero attached hydrogens (tertiary/aromatic N) is 5. The van der Waals surface area contributed by atoms with Gasteiger partial charge in [0.25, 0.3) is 12.3 Å². The Labute approximate surface area is 328 Å². The zero-order valence-corrected chi connectivity index (χ0v) is 31.9. The van der Waals surface area contributed by atoms with E-state index in [1.54, 1.807) is 31.3 Å². The first-order chi connectivity index (χ1) is 26.9. The summed E-state index contributed by atoms with van der Waals surface area (Å²) in [4.78, 5) is 31.5. The number of rotatable bonds is 13. The molecule has 1 N–H and O–H groups in total. The molecular weight excluding hydrogens is 776 g/mol. The van der Waals surface area contributed by atoms with E-state index >= 15 is 8.78 Å². The summed E-state index contributed by atoms with van der Waals surface area (Å²) in [5, 5.41) is 19.5. The molecule has 5 aromatic rings. The topological polar surface area (TPSA) is 112 Å². The Balaban J connectivity index is 1.37. The molecule has 2 aliphatic carbocycles. The second kappa shape index (κ2) is 15.0. The summed E-state index contributed by atoms with van der Waals surface area (Å²) in [6.07, 6.45) is -3.84. The number of Topliss-reactive ketones (excluding diaryl/α,β-unsaturated/α-hetero) is 2. The van der Waals surface area contributed by atoms with Crippen LogP contribution in [-0.2, 0) is 46.7 Å². The van der Waals surface area contributed by atoms with Crippen molar-refractivity contribution in [2.24, 2.45) is 13.0 Å². The fourth-order valence-corrected chi connectivity index (χ4v) is 8.12. The smallest absolute Gasteiger partial charge is 0.293 e. The fourth-order valence-electron chi connectivity index (χ4n) is 7.86. The molecule has 9 nitrogen and oxygen atoms in total. The first-order valence-electron chi connectivity index (χ1n) is 18.0. The van der Waals surface area contributed by atoms with E-state index in [1.807, 2.05) is 0 Å². The number of benzene rings is 2. The standard InChI is InChI=1S/C41H36ClF6N5O4/c1-40(2,56)10-9-24-5-6-27(28-7-8-31(42)34-32(16-26(55)19-57-4)50-52(3)37(28)34)35(49-24)21(11-20-12-22(43)15-23(44)13-20)14-25(54)18-53-38-33(36(51-53)39(45)46)29-17-30(29)41(38,47)48/h5-8,12-13,15,21,29-30,39,56H,11,14,16-19H2,1-4H3/t21-,29+,30-/m1/s1. The fraction of sp³-hybridized carbons (Fsp3) is 0.390. The van der Waals surface area contributed by atoms with Crippen molar-refractivity contribution < 1.29 is 45.8 Å². The number of ether oxygens (including phenoxy) is 1. The first-order valence-corrected chi connectivity index (χ1v) is 18.4. The van der Waals surface area contributed by atoms with E-state index in [4.69, 9.17) is 21.3 Å². The summed E-state index contributed by atoms with van der Waals surface area (Å²) >= 11 is 6.71. The third-order valence-electron chi connectivity index (χ3n) is 10.1. The number of hydrogen-bond donors (Lipinski definition) is 1. The molecule has 3 atom stereocenters. The molecule has 2 aromatic carbocycles. The van der Waals surface area contributed by atoms with E-state index in [0.29, 0.717) is 38.5 Å². The monoisotopic (exact) mass is 811 g/mol. The molecule has 0 saturated heterocycles. The summed E-state index contributed by atoms with van der Waals surface area (Å²) in [7, 11) is 3.04. The van der Waals surface area contributed by atoms with Crippen LogP contribution in [0.3, 0.4) is 0 Å². The maximum atomic E-state index is 15.4. The number of aryl methyl sites for hydroxylation is 1. The van der Waals surface area contributed by atoms with Gasteiger partial charge in [0.05, 0.1) is 28.3 Å².